The molecule has 3 heteroatoms. The summed E-state index contributed by atoms with van der Waals surface area (Å²) >= 11 is 0. The van der Waals surface area contributed by atoms with E-state index < -0.39 is 9.28 Å². The zero-order chi connectivity index (χ0) is 13.4. The second kappa shape index (κ2) is 8.46. The molecular weight excluding hydrogens is 240 g/mol. The molecule has 0 aromatic heterocycles. The van der Waals surface area contributed by atoms with E-state index in [4.69, 9.17) is 8.85 Å². The Morgan fingerprint density at radius 2 is 1.50 bits per heavy atom. The van der Waals surface area contributed by atoms with E-state index in [1.54, 1.807) is 0 Å². The highest BCUT2D eigenvalue weighted by atomic mass is 28.3. The zero-order valence-electron chi connectivity index (χ0n) is 12.1. The first-order chi connectivity index (χ1) is 8.58. The van der Waals surface area contributed by atoms with Crippen LogP contribution in [0.15, 0.2) is 30.3 Å². The second-order valence-corrected chi connectivity index (χ2v) is 7.16. The minimum atomic E-state index is -1.49. The highest BCUT2D eigenvalue weighted by Gasteiger charge is 2.16. The molecule has 0 bridgehead atoms. The Morgan fingerprint density at radius 3 is 2.00 bits per heavy atom. The van der Waals surface area contributed by atoms with Gasteiger partial charge in [-0.15, -0.1) is 0 Å². The third-order valence-corrected chi connectivity index (χ3v) is 5.17. The van der Waals surface area contributed by atoms with Gasteiger partial charge in [0.25, 0.3) is 0 Å². The Kier molecular flexibility index (Phi) is 7.24. The Hall–Kier alpha value is -0.643. The zero-order valence-corrected chi connectivity index (χ0v) is 13.2. The van der Waals surface area contributed by atoms with E-state index in [1.807, 2.05) is 0 Å². The summed E-state index contributed by atoms with van der Waals surface area (Å²) in [7, 11) is -1.49. The van der Waals surface area contributed by atoms with Crippen molar-refractivity contribution in [2.75, 3.05) is 0 Å². The van der Waals surface area contributed by atoms with Crippen LogP contribution in [0.4, 0.5) is 0 Å². The summed E-state index contributed by atoms with van der Waals surface area (Å²) in [5.41, 5.74) is 1.40. The fourth-order valence-electron chi connectivity index (χ4n) is 1.89. The number of aryl methyl sites for hydroxylation is 1. The van der Waals surface area contributed by atoms with Crippen molar-refractivity contribution in [3.63, 3.8) is 0 Å². The van der Waals surface area contributed by atoms with Crippen molar-refractivity contribution >= 4 is 9.28 Å². The van der Waals surface area contributed by atoms with Crippen molar-refractivity contribution < 1.29 is 8.85 Å². The third-order valence-electron chi connectivity index (χ3n) is 2.60. The van der Waals surface area contributed by atoms with Crippen LogP contribution in [0.3, 0.4) is 0 Å². The average molecular weight is 266 g/mol. The van der Waals surface area contributed by atoms with Gasteiger partial charge in [-0.05, 0) is 52.1 Å². The molecular formula is C15H26O2Si. The van der Waals surface area contributed by atoms with Gasteiger partial charge in [0.05, 0.1) is 0 Å². The lowest BCUT2D eigenvalue weighted by Gasteiger charge is -2.21. The molecule has 2 nitrogen and oxygen atoms in total. The topological polar surface area (TPSA) is 18.5 Å². The molecule has 0 radical (unpaired) electrons. The van der Waals surface area contributed by atoms with Crippen molar-refractivity contribution in [3.05, 3.63) is 35.9 Å². The monoisotopic (exact) mass is 266 g/mol. The number of benzene rings is 1. The molecule has 0 N–H and O–H groups in total. The lowest BCUT2D eigenvalue weighted by atomic mass is 10.1. The standard InChI is InChI=1S/C15H26O2Si/c1-13(2)16-18(17-14(3)4)12-8-11-15-9-6-5-7-10-15/h5-7,9-10,13-14,18H,8,11-12H2,1-4H3. The maximum absolute atomic E-state index is 5.92. The molecule has 1 rings (SSSR count). The maximum Gasteiger partial charge on any atom is 0.321 e. The van der Waals surface area contributed by atoms with E-state index >= 15 is 0 Å². The number of hydrogen-bond acceptors (Lipinski definition) is 2. The van der Waals surface area contributed by atoms with Crippen LogP contribution < -0.4 is 0 Å². The summed E-state index contributed by atoms with van der Waals surface area (Å²) in [4.78, 5) is 0. The summed E-state index contributed by atoms with van der Waals surface area (Å²) in [6.45, 7) is 8.34. The number of hydrogen-bond donors (Lipinski definition) is 0. The van der Waals surface area contributed by atoms with Crippen LogP contribution >= 0.6 is 0 Å². The van der Waals surface area contributed by atoms with Crippen molar-refractivity contribution in [1.29, 1.82) is 0 Å². The first-order valence-corrected chi connectivity index (χ1v) is 8.68. The van der Waals surface area contributed by atoms with Crippen LogP contribution in [-0.2, 0) is 15.3 Å². The van der Waals surface area contributed by atoms with Gasteiger partial charge >= 0.3 is 9.28 Å². The van der Waals surface area contributed by atoms with E-state index in [1.165, 1.54) is 5.56 Å². The molecule has 0 heterocycles. The highest BCUT2D eigenvalue weighted by molar-refractivity contribution is 6.44. The van der Waals surface area contributed by atoms with Crippen LogP contribution in [0.1, 0.15) is 39.7 Å². The molecule has 0 saturated carbocycles. The van der Waals surface area contributed by atoms with Crippen LogP contribution in [0.25, 0.3) is 0 Å². The fourth-order valence-corrected chi connectivity index (χ4v) is 3.98. The van der Waals surface area contributed by atoms with Gasteiger partial charge in [0, 0.05) is 12.2 Å². The SMILES string of the molecule is CC(C)O[SiH](CCCc1ccccc1)OC(C)C. The molecule has 1 aromatic rings. The van der Waals surface area contributed by atoms with Gasteiger partial charge in [0.1, 0.15) is 0 Å². The molecule has 0 aliphatic heterocycles. The second-order valence-electron chi connectivity index (χ2n) is 5.18. The minimum absolute atomic E-state index is 0.275. The van der Waals surface area contributed by atoms with Crippen molar-refractivity contribution in [2.24, 2.45) is 0 Å². The van der Waals surface area contributed by atoms with Crippen molar-refractivity contribution in [1.82, 2.24) is 0 Å². The lowest BCUT2D eigenvalue weighted by molar-refractivity contribution is 0.129. The molecule has 0 unspecified atom stereocenters. The summed E-state index contributed by atoms with van der Waals surface area (Å²) in [5, 5.41) is 0. The molecule has 102 valence electrons. The van der Waals surface area contributed by atoms with E-state index in [9.17, 15) is 0 Å². The largest absolute Gasteiger partial charge is 0.394 e. The predicted molar refractivity (Wildman–Crippen MR) is 79.2 cm³/mol. The van der Waals surface area contributed by atoms with Crippen LogP contribution in [0, 0.1) is 0 Å². The molecule has 18 heavy (non-hydrogen) atoms. The molecule has 0 spiro atoms. The first-order valence-electron chi connectivity index (χ1n) is 6.92. The molecule has 0 aliphatic rings. The molecule has 1 aromatic carbocycles. The van der Waals surface area contributed by atoms with Gasteiger partial charge in [-0.3, -0.25) is 0 Å². The quantitative estimate of drug-likeness (QED) is 0.668. The van der Waals surface area contributed by atoms with Crippen molar-refractivity contribution in [2.45, 2.75) is 58.8 Å². The molecule has 0 fully saturated rings. The van der Waals surface area contributed by atoms with Gasteiger partial charge < -0.3 is 8.85 Å². The van der Waals surface area contributed by atoms with Gasteiger partial charge in [-0.2, -0.15) is 0 Å². The molecule has 0 amide bonds. The van der Waals surface area contributed by atoms with Gasteiger partial charge in [-0.1, -0.05) is 30.3 Å². The molecule has 0 atom stereocenters. The van der Waals surface area contributed by atoms with E-state index in [2.05, 4.69) is 58.0 Å². The average Bonchev–Trinajstić information content (AvgIpc) is 2.28. The summed E-state index contributed by atoms with van der Waals surface area (Å²) < 4.78 is 11.8. The first kappa shape index (κ1) is 15.4. The van der Waals surface area contributed by atoms with Gasteiger partial charge in [0.2, 0.25) is 0 Å². The van der Waals surface area contributed by atoms with E-state index in [-0.39, 0.29) is 12.2 Å². The highest BCUT2D eigenvalue weighted by Crippen LogP contribution is 2.11. The van der Waals surface area contributed by atoms with Crippen LogP contribution in [0.2, 0.25) is 6.04 Å². The van der Waals surface area contributed by atoms with E-state index in [0.717, 1.165) is 18.9 Å². The Balaban J connectivity index is 2.32. The van der Waals surface area contributed by atoms with Crippen LogP contribution in [-0.4, -0.2) is 21.5 Å². The summed E-state index contributed by atoms with van der Waals surface area (Å²) in [6, 6.07) is 11.7. The van der Waals surface area contributed by atoms with Gasteiger partial charge in [0.15, 0.2) is 0 Å². The van der Waals surface area contributed by atoms with Gasteiger partial charge in [-0.25, -0.2) is 0 Å². The Bertz CT molecular complexity index is 302. The Labute approximate surface area is 113 Å². The smallest absolute Gasteiger partial charge is 0.321 e. The van der Waals surface area contributed by atoms with E-state index in [0.29, 0.717) is 0 Å². The minimum Gasteiger partial charge on any atom is -0.394 e. The lowest BCUT2D eigenvalue weighted by Crippen LogP contribution is -2.29. The maximum atomic E-state index is 5.92. The molecule has 0 aliphatic carbocycles. The normalized spacial score (nSPS) is 11.7. The van der Waals surface area contributed by atoms with Crippen LogP contribution in [0.5, 0.6) is 0 Å². The predicted octanol–water partition coefficient (Wildman–Crippen LogP) is 3.69. The summed E-state index contributed by atoms with van der Waals surface area (Å²) in [6.07, 6.45) is 2.82. The number of rotatable bonds is 8. The third kappa shape index (κ3) is 6.94. The summed E-state index contributed by atoms with van der Waals surface area (Å²) in [5.74, 6) is 0. The fraction of sp³-hybridized carbons (Fsp3) is 0.600. The molecule has 0 saturated heterocycles. The Morgan fingerprint density at radius 1 is 0.944 bits per heavy atom. The van der Waals surface area contributed by atoms with Crippen molar-refractivity contribution in [3.8, 4) is 0 Å².